The number of Topliss-reactive ketones (excluding diaryl/α,β-unsaturated/α-hetero) is 1. The number of allylic oxidation sites excluding steroid dienone is 1. The first-order valence-corrected chi connectivity index (χ1v) is 14.1. The molecule has 0 aromatic heterocycles. The number of hydrogen-bond donors (Lipinski definition) is 0. The molecular weight excluding hydrogens is 602 g/mol. The molecule has 0 radical (unpaired) electrons. The maximum Gasteiger partial charge on any atom is 0.293 e. The van der Waals surface area contributed by atoms with Crippen molar-refractivity contribution in [3.05, 3.63) is 110 Å². The number of benzene rings is 3. The molecule has 1 aliphatic heterocycles. The highest BCUT2D eigenvalue weighted by Gasteiger charge is 2.36. The standard InChI is InChI=1S/C30H25BrClNO5S/c1-3-5-22-14-20(15-26(37-4-2)28(22)38-18-19-6-10-23(31)11-7-19)16-27-29(35)33(30(36)39-27)17-25(34)21-8-12-24(32)13-9-21/h3,6-16H,1,4-5,17-18H2,2H3/b27-16-. The summed E-state index contributed by atoms with van der Waals surface area (Å²) in [6.45, 7) is 6.14. The minimum absolute atomic E-state index is 0.222. The van der Waals surface area contributed by atoms with E-state index in [1.807, 2.05) is 37.3 Å². The van der Waals surface area contributed by atoms with Crippen molar-refractivity contribution >= 4 is 62.3 Å². The van der Waals surface area contributed by atoms with Crippen LogP contribution in [0.15, 0.2) is 82.7 Å². The number of carbonyl (C=O) groups is 3. The number of thioether (sulfide) groups is 1. The van der Waals surface area contributed by atoms with Crippen LogP contribution in [0.25, 0.3) is 6.08 Å². The monoisotopic (exact) mass is 625 g/mol. The van der Waals surface area contributed by atoms with E-state index in [0.717, 1.165) is 32.3 Å². The average Bonchev–Trinajstić information content (AvgIpc) is 3.17. The van der Waals surface area contributed by atoms with Crippen LogP contribution in [0.3, 0.4) is 0 Å². The Hall–Kier alpha value is -3.33. The Balaban J connectivity index is 1.58. The van der Waals surface area contributed by atoms with E-state index in [0.29, 0.717) is 47.3 Å². The van der Waals surface area contributed by atoms with Crippen molar-refractivity contribution in [2.45, 2.75) is 20.0 Å². The minimum atomic E-state index is -0.522. The van der Waals surface area contributed by atoms with Crippen molar-refractivity contribution in [3.8, 4) is 11.5 Å². The number of carbonyl (C=O) groups excluding carboxylic acids is 3. The van der Waals surface area contributed by atoms with Gasteiger partial charge >= 0.3 is 0 Å². The molecule has 0 spiro atoms. The molecule has 0 atom stereocenters. The Kier molecular flexibility index (Phi) is 9.67. The Labute approximate surface area is 244 Å². The third kappa shape index (κ3) is 7.20. The topological polar surface area (TPSA) is 72.9 Å². The third-order valence-electron chi connectivity index (χ3n) is 5.75. The number of ether oxygens (including phenoxy) is 2. The van der Waals surface area contributed by atoms with E-state index in [2.05, 4.69) is 22.5 Å². The first-order valence-electron chi connectivity index (χ1n) is 12.1. The average molecular weight is 627 g/mol. The van der Waals surface area contributed by atoms with E-state index in [1.165, 1.54) is 0 Å². The van der Waals surface area contributed by atoms with Crippen molar-refractivity contribution in [2.24, 2.45) is 0 Å². The molecule has 0 unspecified atom stereocenters. The normalized spacial score (nSPS) is 14.1. The highest BCUT2D eigenvalue weighted by molar-refractivity contribution is 9.10. The van der Waals surface area contributed by atoms with Crippen molar-refractivity contribution in [2.75, 3.05) is 13.2 Å². The fourth-order valence-corrected chi connectivity index (χ4v) is 5.12. The zero-order chi connectivity index (χ0) is 27.9. The second-order valence-electron chi connectivity index (χ2n) is 8.55. The zero-order valence-electron chi connectivity index (χ0n) is 21.1. The Morgan fingerprint density at radius 3 is 2.46 bits per heavy atom. The fraction of sp³-hybridized carbons (Fsp3) is 0.167. The quantitative estimate of drug-likeness (QED) is 0.123. The van der Waals surface area contributed by atoms with Gasteiger partial charge in [-0.2, -0.15) is 0 Å². The van der Waals surface area contributed by atoms with Crippen LogP contribution < -0.4 is 9.47 Å². The number of hydrogen-bond acceptors (Lipinski definition) is 6. The summed E-state index contributed by atoms with van der Waals surface area (Å²) in [6, 6.07) is 17.8. The molecule has 6 nitrogen and oxygen atoms in total. The molecule has 0 saturated carbocycles. The molecule has 3 aromatic carbocycles. The van der Waals surface area contributed by atoms with Gasteiger partial charge < -0.3 is 9.47 Å². The van der Waals surface area contributed by atoms with Gasteiger partial charge in [-0.25, -0.2) is 0 Å². The lowest BCUT2D eigenvalue weighted by Gasteiger charge is -2.17. The molecule has 0 aliphatic carbocycles. The van der Waals surface area contributed by atoms with Gasteiger partial charge in [0.05, 0.1) is 18.1 Å². The van der Waals surface area contributed by atoms with Gasteiger partial charge in [0.25, 0.3) is 11.1 Å². The lowest BCUT2D eigenvalue weighted by atomic mass is 10.0. The molecule has 1 aliphatic rings. The minimum Gasteiger partial charge on any atom is -0.490 e. The van der Waals surface area contributed by atoms with Crippen LogP contribution in [0.1, 0.15) is 34.0 Å². The number of amides is 2. The lowest BCUT2D eigenvalue weighted by molar-refractivity contribution is -0.122. The molecule has 3 aromatic rings. The van der Waals surface area contributed by atoms with Gasteiger partial charge in [-0.05, 0) is 90.8 Å². The van der Waals surface area contributed by atoms with Crippen LogP contribution in [-0.2, 0) is 17.8 Å². The van der Waals surface area contributed by atoms with Gasteiger partial charge in [0.2, 0.25) is 0 Å². The van der Waals surface area contributed by atoms with E-state index in [-0.39, 0.29) is 17.2 Å². The highest BCUT2D eigenvalue weighted by atomic mass is 79.9. The fourth-order valence-electron chi connectivity index (χ4n) is 3.90. The summed E-state index contributed by atoms with van der Waals surface area (Å²) in [7, 11) is 0. The number of ketones is 1. The van der Waals surface area contributed by atoms with E-state index < -0.39 is 11.1 Å². The van der Waals surface area contributed by atoms with Crippen LogP contribution >= 0.6 is 39.3 Å². The molecule has 1 fully saturated rings. The molecule has 0 N–H and O–H groups in total. The molecule has 39 heavy (non-hydrogen) atoms. The number of nitrogens with zero attached hydrogens (tertiary/aromatic N) is 1. The second-order valence-corrected chi connectivity index (χ2v) is 10.9. The molecular formula is C30H25BrClNO5S. The molecule has 9 heteroatoms. The summed E-state index contributed by atoms with van der Waals surface area (Å²) in [5.41, 5.74) is 2.87. The number of imide groups is 1. The van der Waals surface area contributed by atoms with Crippen LogP contribution in [0, 0.1) is 0 Å². The first kappa shape index (κ1) is 28.7. The Bertz CT molecular complexity index is 1440. The molecule has 1 heterocycles. The highest BCUT2D eigenvalue weighted by Crippen LogP contribution is 2.38. The summed E-state index contributed by atoms with van der Waals surface area (Å²) in [5, 5.41) is -0.00742. The summed E-state index contributed by atoms with van der Waals surface area (Å²) in [6.07, 6.45) is 3.90. The second kappa shape index (κ2) is 13.2. The van der Waals surface area contributed by atoms with E-state index in [4.69, 9.17) is 21.1 Å². The summed E-state index contributed by atoms with van der Waals surface area (Å²) >= 11 is 10.1. The first-order chi connectivity index (χ1) is 18.8. The van der Waals surface area contributed by atoms with E-state index in [1.54, 1.807) is 42.5 Å². The van der Waals surface area contributed by atoms with Gasteiger partial charge in [0.1, 0.15) is 6.61 Å². The largest absolute Gasteiger partial charge is 0.490 e. The summed E-state index contributed by atoms with van der Waals surface area (Å²) in [4.78, 5) is 39.5. The van der Waals surface area contributed by atoms with Crippen molar-refractivity contribution in [1.29, 1.82) is 0 Å². The van der Waals surface area contributed by atoms with Gasteiger partial charge in [0, 0.05) is 20.6 Å². The maximum atomic E-state index is 13.1. The summed E-state index contributed by atoms with van der Waals surface area (Å²) in [5.74, 6) is 0.247. The van der Waals surface area contributed by atoms with Gasteiger partial charge in [-0.15, -0.1) is 6.58 Å². The SMILES string of the molecule is C=CCc1cc(/C=C2\SC(=O)N(CC(=O)c3ccc(Cl)cc3)C2=O)cc(OCC)c1OCc1ccc(Br)cc1. The van der Waals surface area contributed by atoms with E-state index >= 15 is 0 Å². The van der Waals surface area contributed by atoms with E-state index in [9.17, 15) is 14.4 Å². The van der Waals surface area contributed by atoms with Crippen LogP contribution in [0.2, 0.25) is 5.02 Å². The smallest absolute Gasteiger partial charge is 0.293 e. The molecule has 1 saturated heterocycles. The molecule has 2 amide bonds. The van der Waals surface area contributed by atoms with Crippen LogP contribution in [-0.4, -0.2) is 35.0 Å². The molecule has 200 valence electrons. The van der Waals surface area contributed by atoms with Crippen molar-refractivity contribution in [1.82, 2.24) is 4.90 Å². The Morgan fingerprint density at radius 2 is 1.79 bits per heavy atom. The molecule has 4 rings (SSSR count). The number of halogens is 2. The predicted octanol–water partition coefficient (Wildman–Crippen LogP) is 7.73. The van der Waals surface area contributed by atoms with Crippen molar-refractivity contribution < 1.29 is 23.9 Å². The van der Waals surface area contributed by atoms with Crippen LogP contribution in [0.5, 0.6) is 11.5 Å². The number of rotatable bonds is 11. The third-order valence-corrected chi connectivity index (χ3v) is 7.44. The van der Waals surface area contributed by atoms with Crippen molar-refractivity contribution in [3.63, 3.8) is 0 Å². The lowest BCUT2D eigenvalue weighted by Crippen LogP contribution is -2.33. The molecule has 0 bridgehead atoms. The summed E-state index contributed by atoms with van der Waals surface area (Å²) < 4.78 is 13.1. The maximum absolute atomic E-state index is 13.1. The predicted molar refractivity (Wildman–Crippen MR) is 158 cm³/mol. The van der Waals surface area contributed by atoms with Gasteiger partial charge in [-0.3, -0.25) is 19.3 Å². The van der Waals surface area contributed by atoms with Gasteiger partial charge in [0.15, 0.2) is 17.3 Å². The van der Waals surface area contributed by atoms with Crippen LogP contribution in [0.4, 0.5) is 4.79 Å². The van der Waals surface area contributed by atoms with Gasteiger partial charge in [-0.1, -0.05) is 45.7 Å². The zero-order valence-corrected chi connectivity index (χ0v) is 24.3. The Morgan fingerprint density at radius 1 is 1.08 bits per heavy atom.